The van der Waals surface area contributed by atoms with E-state index in [0.717, 1.165) is 76.5 Å². The molecule has 1 fully saturated rings. The molecule has 1 aliphatic heterocycles. The maximum atomic E-state index is 11.8. The van der Waals surface area contributed by atoms with Crippen molar-refractivity contribution in [2.75, 3.05) is 11.5 Å². The van der Waals surface area contributed by atoms with E-state index < -0.39 is 11.8 Å². The van der Waals surface area contributed by atoms with Crippen molar-refractivity contribution in [3.05, 3.63) is 194 Å². The number of primary amides is 2. The van der Waals surface area contributed by atoms with Gasteiger partial charge >= 0.3 is 7.12 Å². The van der Waals surface area contributed by atoms with Gasteiger partial charge in [-0.15, -0.1) is 0 Å². The molecule has 6 aromatic carbocycles. The molecule has 3 heterocycles. The minimum Gasteiger partial charge on any atom is -0.399 e. The molecule has 2 aromatic heterocycles. The molecule has 9 rings (SSSR count). The van der Waals surface area contributed by atoms with Gasteiger partial charge in [0.1, 0.15) is 0 Å². The normalized spacial score (nSPS) is 13.5. The molecular formula is C54H52BBrN8O4. The number of halogens is 1. The minimum absolute atomic E-state index is 0.311. The van der Waals surface area contributed by atoms with Gasteiger partial charge in [-0.3, -0.25) is 9.59 Å². The highest BCUT2D eigenvalue weighted by molar-refractivity contribution is 9.10. The molecule has 0 aliphatic carbocycles. The van der Waals surface area contributed by atoms with Crippen LogP contribution in [0.4, 0.5) is 22.7 Å². The number of rotatable bonds is 8. The quantitative estimate of drug-likeness (QED) is 0.0669. The number of nitrogens with two attached hydrogens (primary N) is 4. The Morgan fingerprint density at radius 3 is 1.62 bits per heavy atom. The van der Waals surface area contributed by atoms with Gasteiger partial charge in [-0.05, 0) is 145 Å². The van der Waals surface area contributed by atoms with Gasteiger partial charge in [-0.2, -0.15) is 0 Å². The van der Waals surface area contributed by atoms with Crippen molar-refractivity contribution in [1.29, 1.82) is 0 Å². The van der Waals surface area contributed by atoms with Crippen molar-refractivity contribution < 1.29 is 18.9 Å². The van der Waals surface area contributed by atoms with Crippen LogP contribution in [0.1, 0.15) is 70.7 Å². The topological polar surface area (TPSA) is 175 Å². The summed E-state index contributed by atoms with van der Waals surface area (Å²) in [5.74, 6) is -0.874. The Balaban J connectivity index is 0.000000157. The third-order valence-corrected chi connectivity index (χ3v) is 13.4. The van der Waals surface area contributed by atoms with Crippen molar-refractivity contribution in [3.63, 3.8) is 0 Å². The zero-order valence-corrected chi connectivity index (χ0v) is 40.4. The second-order valence-corrected chi connectivity index (χ2v) is 18.5. The van der Waals surface area contributed by atoms with Crippen LogP contribution in [0.3, 0.4) is 0 Å². The fourth-order valence-electron chi connectivity index (χ4n) is 8.15. The molecule has 1 saturated heterocycles. The number of aromatic nitrogens is 2. The number of fused-ring (bicyclic) bond motifs is 2. The Bertz CT molecular complexity index is 3310. The highest BCUT2D eigenvalue weighted by Gasteiger charge is 2.52. The van der Waals surface area contributed by atoms with E-state index in [9.17, 15) is 9.59 Å². The molecule has 0 unspecified atom stereocenters. The van der Waals surface area contributed by atoms with Gasteiger partial charge in [0.2, 0.25) is 11.8 Å². The maximum absolute atomic E-state index is 11.8. The summed E-state index contributed by atoms with van der Waals surface area (Å²) >= 11 is 3.53. The lowest BCUT2D eigenvalue weighted by molar-refractivity contribution is 0.00578. The van der Waals surface area contributed by atoms with Crippen LogP contribution in [0.2, 0.25) is 0 Å². The number of benzene rings is 6. The summed E-state index contributed by atoms with van der Waals surface area (Å²) in [7, 11) is -0.330. The van der Waals surface area contributed by atoms with Gasteiger partial charge in [0.05, 0.1) is 24.3 Å². The number of carbonyl (C=O) groups excluding carboxylic acids is 2. The smallest absolute Gasteiger partial charge is 0.399 e. The fourth-order valence-corrected chi connectivity index (χ4v) is 8.71. The first kappa shape index (κ1) is 48.3. The molecule has 0 spiro atoms. The van der Waals surface area contributed by atoms with Gasteiger partial charge in [0, 0.05) is 74.4 Å². The Morgan fingerprint density at radius 1 is 0.618 bits per heavy atom. The van der Waals surface area contributed by atoms with Gasteiger partial charge < -0.3 is 41.4 Å². The summed E-state index contributed by atoms with van der Waals surface area (Å²) in [6.07, 6.45) is 4.01. The standard InChI is InChI=1S/C24H20N4O.C17H12BrN3O.C13H20BNO2/c1-15-18(8-5-9-22(15)25)21-14-28(23-11-10-17(27-2)12-20(21)23)13-16-6-3-4-7-19(16)24(26)29;1-20-12-6-7-16-14(8-12)15(18)10-21(16)9-11-4-2-3-5-13(11)17(19)22;1-9-10(7-6-8-11(9)15)14-16-12(2,3)13(4,5)17-14/h3-12,14H,13,25H2,1H3,(H2,26,29);2-8,10H,9H2,(H2,19,22);6-8H,15H2,1-5H3. The van der Waals surface area contributed by atoms with Crippen molar-refractivity contribution in [1.82, 2.24) is 9.13 Å². The van der Waals surface area contributed by atoms with Gasteiger partial charge in [0.15, 0.2) is 11.4 Å². The van der Waals surface area contributed by atoms with Crippen LogP contribution in [-0.2, 0) is 22.4 Å². The molecule has 1 aliphatic rings. The minimum atomic E-state index is -0.445. The number of nitrogen functional groups attached to an aromatic ring is 2. The molecule has 0 saturated carbocycles. The maximum Gasteiger partial charge on any atom is 0.495 e. The summed E-state index contributed by atoms with van der Waals surface area (Å²) in [5.41, 5.74) is 34.9. The first-order valence-corrected chi connectivity index (χ1v) is 22.6. The van der Waals surface area contributed by atoms with Crippen LogP contribution in [0, 0.1) is 27.0 Å². The summed E-state index contributed by atoms with van der Waals surface area (Å²) in [4.78, 5) is 30.4. The summed E-state index contributed by atoms with van der Waals surface area (Å²) in [5, 5.41) is 1.95. The van der Waals surface area contributed by atoms with Gasteiger partial charge in [-0.1, -0.05) is 72.8 Å². The lowest BCUT2D eigenvalue weighted by Crippen LogP contribution is -2.41. The molecular weight excluding hydrogens is 915 g/mol. The monoisotopic (exact) mass is 966 g/mol. The lowest BCUT2D eigenvalue weighted by Gasteiger charge is -2.32. The zero-order chi connectivity index (χ0) is 49.1. The summed E-state index contributed by atoms with van der Waals surface area (Å²) in [6, 6.07) is 37.6. The molecule has 0 radical (unpaired) electrons. The van der Waals surface area contributed by atoms with Crippen LogP contribution < -0.4 is 28.4 Å². The van der Waals surface area contributed by atoms with Crippen molar-refractivity contribution in [3.8, 4) is 11.1 Å². The average Bonchev–Trinajstić information content (AvgIpc) is 3.90. The van der Waals surface area contributed by atoms with E-state index in [4.69, 9.17) is 45.4 Å². The number of amides is 2. The van der Waals surface area contributed by atoms with Crippen LogP contribution in [0.25, 0.3) is 42.6 Å². The Labute approximate surface area is 405 Å². The SMILES string of the molecule is Cc1c(N)cccc1B1OC(C)(C)C(C)(C)O1.[C-]#[N+]c1ccc2c(c1)c(-c1cccc(N)c1C)cn2Cc1ccccc1C(N)=O.[C-]#[N+]c1ccc2c(c1)c(Br)cn2Cc1ccccc1C(N)=O. The molecule has 0 atom stereocenters. The molecule has 12 nitrogen and oxygen atoms in total. The van der Waals surface area contributed by atoms with Gasteiger partial charge in [0.25, 0.3) is 0 Å². The summed E-state index contributed by atoms with van der Waals surface area (Å²) < 4.78 is 17.1. The van der Waals surface area contributed by atoms with Crippen molar-refractivity contribution >= 4 is 84.9 Å². The second kappa shape index (κ2) is 19.7. The van der Waals surface area contributed by atoms with E-state index in [1.165, 1.54) is 0 Å². The second-order valence-electron chi connectivity index (χ2n) is 17.6. The number of nitrogens with zero attached hydrogens (tertiary/aromatic N) is 4. The molecule has 8 aromatic rings. The van der Waals surface area contributed by atoms with E-state index in [1.54, 1.807) is 30.3 Å². The molecule has 342 valence electrons. The highest BCUT2D eigenvalue weighted by Crippen LogP contribution is 2.38. The summed E-state index contributed by atoms with van der Waals surface area (Å²) in [6.45, 7) is 27.7. The van der Waals surface area contributed by atoms with E-state index in [-0.39, 0.29) is 18.3 Å². The van der Waals surface area contributed by atoms with Crippen LogP contribution in [0.15, 0.2) is 138 Å². The molecule has 0 bridgehead atoms. The predicted molar refractivity (Wildman–Crippen MR) is 278 cm³/mol. The molecule has 2 amide bonds. The number of carbonyl (C=O) groups is 2. The predicted octanol–water partition coefficient (Wildman–Crippen LogP) is 10.9. The van der Waals surface area contributed by atoms with E-state index in [2.05, 4.69) is 64.1 Å². The number of hydrogen-bond acceptors (Lipinski definition) is 6. The van der Waals surface area contributed by atoms with E-state index in [0.29, 0.717) is 35.6 Å². The third-order valence-electron chi connectivity index (χ3n) is 12.8. The zero-order valence-electron chi connectivity index (χ0n) is 38.8. The third kappa shape index (κ3) is 9.90. The van der Waals surface area contributed by atoms with E-state index in [1.807, 2.05) is 116 Å². The van der Waals surface area contributed by atoms with Gasteiger partial charge in [-0.25, -0.2) is 9.69 Å². The van der Waals surface area contributed by atoms with Crippen LogP contribution in [-0.4, -0.2) is 39.3 Å². The number of hydrogen-bond donors (Lipinski definition) is 4. The highest BCUT2D eigenvalue weighted by atomic mass is 79.9. The molecule has 14 heteroatoms. The Kier molecular flexibility index (Phi) is 14.0. The van der Waals surface area contributed by atoms with Crippen LogP contribution >= 0.6 is 15.9 Å². The van der Waals surface area contributed by atoms with Crippen LogP contribution in [0.5, 0.6) is 0 Å². The first-order valence-electron chi connectivity index (χ1n) is 21.8. The van der Waals surface area contributed by atoms with Crippen molar-refractivity contribution in [2.45, 2.75) is 65.8 Å². The fraction of sp³-hybridized carbons (Fsp3) is 0.185. The molecule has 68 heavy (non-hydrogen) atoms. The largest absolute Gasteiger partial charge is 0.495 e. The lowest BCUT2D eigenvalue weighted by atomic mass is 9.76. The Hall–Kier alpha value is -7.62. The average molecular weight is 968 g/mol. The Morgan fingerprint density at radius 2 is 1.09 bits per heavy atom. The van der Waals surface area contributed by atoms with E-state index >= 15 is 0 Å². The number of anilines is 2. The first-order chi connectivity index (χ1) is 32.3. The molecule has 8 N–H and O–H groups in total. The van der Waals surface area contributed by atoms with Crippen molar-refractivity contribution in [2.24, 2.45) is 11.5 Å².